The number of aryl methyl sites for hydroxylation is 1. The molecule has 0 bridgehead atoms. The first-order valence-corrected chi connectivity index (χ1v) is 10.8. The molecule has 0 radical (unpaired) electrons. The molecule has 0 unspecified atom stereocenters. The summed E-state index contributed by atoms with van der Waals surface area (Å²) in [5.41, 5.74) is 2.98. The fourth-order valence-electron chi connectivity index (χ4n) is 3.16. The molecule has 2 aromatic carbocycles. The van der Waals surface area contributed by atoms with Crippen LogP contribution < -0.4 is 5.56 Å². The van der Waals surface area contributed by atoms with Gasteiger partial charge >= 0.3 is 0 Å². The van der Waals surface area contributed by atoms with Crippen molar-refractivity contribution in [3.05, 3.63) is 70.0 Å². The van der Waals surface area contributed by atoms with E-state index in [1.165, 1.54) is 17.3 Å². The third-order valence-electron chi connectivity index (χ3n) is 4.89. The van der Waals surface area contributed by atoms with Crippen molar-refractivity contribution in [3.8, 4) is 0 Å². The molecule has 6 heteroatoms. The first kappa shape index (κ1) is 21.1. The smallest absolute Gasteiger partial charge is 0.262 e. The van der Waals surface area contributed by atoms with Gasteiger partial charge in [0, 0.05) is 19.6 Å². The Hall–Kier alpha value is -2.60. The number of para-hydroxylation sites is 1. The Morgan fingerprint density at radius 2 is 1.76 bits per heavy atom. The molecule has 1 amide bonds. The third-order valence-corrected chi connectivity index (χ3v) is 5.83. The van der Waals surface area contributed by atoms with Crippen LogP contribution in [0.1, 0.15) is 37.9 Å². The molecule has 0 fully saturated rings. The molecule has 0 saturated heterocycles. The fraction of sp³-hybridized carbons (Fsp3) is 0.348. The van der Waals surface area contributed by atoms with Crippen LogP contribution in [-0.4, -0.2) is 33.2 Å². The first-order chi connectivity index (χ1) is 13.9. The summed E-state index contributed by atoms with van der Waals surface area (Å²) >= 11 is 1.32. The minimum atomic E-state index is -0.0649. The molecule has 0 aliphatic heterocycles. The van der Waals surface area contributed by atoms with Crippen molar-refractivity contribution in [2.45, 2.75) is 44.9 Å². The molecule has 3 aromatic rings. The molecule has 1 heterocycles. The van der Waals surface area contributed by atoms with Crippen LogP contribution in [0.2, 0.25) is 0 Å². The standard InChI is InChI=1S/C23H27N3O2S/c1-5-17-10-12-18(13-11-17)14-25(4)21(27)15-29-23-24-20-9-7-6-8-19(20)22(28)26(23)16(2)3/h6-13,16H,5,14-15H2,1-4H3. The van der Waals surface area contributed by atoms with Gasteiger partial charge in [0.1, 0.15) is 0 Å². The molecule has 5 nitrogen and oxygen atoms in total. The van der Waals surface area contributed by atoms with E-state index in [1.807, 2.05) is 32.0 Å². The van der Waals surface area contributed by atoms with Crippen molar-refractivity contribution >= 4 is 28.6 Å². The van der Waals surface area contributed by atoms with E-state index in [4.69, 9.17) is 0 Å². The van der Waals surface area contributed by atoms with Gasteiger partial charge in [-0.05, 0) is 43.5 Å². The maximum atomic E-state index is 12.9. The van der Waals surface area contributed by atoms with Gasteiger partial charge in [0.15, 0.2) is 5.16 Å². The summed E-state index contributed by atoms with van der Waals surface area (Å²) < 4.78 is 1.67. The lowest BCUT2D eigenvalue weighted by Gasteiger charge is -2.19. The normalized spacial score (nSPS) is 11.2. The second-order valence-corrected chi connectivity index (χ2v) is 8.33. The molecule has 0 saturated carbocycles. The zero-order chi connectivity index (χ0) is 21.0. The van der Waals surface area contributed by atoms with E-state index in [2.05, 4.69) is 36.2 Å². The van der Waals surface area contributed by atoms with Crippen molar-refractivity contribution in [2.24, 2.45) is 0 Å². The molecule has 1 aromatic heterocycles. The van der Waals surface area contributed by atoms with Crippen LogP contribution in [0, 0.1) is 0 Å². The number of aromatic nitrogens is 2. The van der Waals surface area contributed by atoms with Gasteiger partial charge in [0.2, 0.25) is 5.91 Å². The number of hydrogen-bond acceptors (Lipinski definition) is 4. The van der Waals surface area contributed by atoms with Crippen LogP contribution in [0.25, 0.3) is 10.9 Å². The van der Waals surface area contributed by atoms with Crippen molar-refractivity contribution < 1.29 is 4.79 Å². The number of thioether (sulfide) groups is 1. The summed E-state index contributed by atoms with van der Waals surface area (Å²) in [6, 6.07) is 15.6. The lowest BCUT2D eigenvalue weighted by Crippen LogP contribution is -2.29. The zero-order valence-electron chi connectivity index (χ0n) is 17.4. The second-order valence-electron chi connectivity index (χ2n) is 7.39. The molecule has 0 atom stereocenters. The zero-order valence-corrected chi connectivity index (χ0v) is 18.2. The average molecular weight is 410 g/mol. The summed E-state index contributed by atoms with van der Waals surface area (Å²) in [6.07, 6.45) is 1.00. The van der Waals surface area contributed by atoms with E-state index < -0.39 is 0 Å². The maximum absolute atomic E-state index is 12.9. The van der Waals surface area contributed by atoms with Crippen LogP contribution in [0.5, 0.6) is 0 Å². The summed E-state index contributed by atoms with van der Waals surface area (Å²) in [4.78, 5) is 31.9. The minimum Gasteiger partial charge on any atom is -0.341 e. The molecule has 0 aliphatic rings. The van der Waals surface area contributed by atoms with E-state index in [0.717, 1.165) is 12.0 Å². The predicted molar refractivity (Wildman–Crippen MR) is 119 cm³/mol. The number of amides is 1. The van der Waals surface area contributed by atoms with Gasteiger partial charge < -0.3 is 4.90 Å². The highest BCUT2D eigenvalue weighted by molar-refractivity contribution is 7.99. The average Bonchev–Trinajstić information content (AvgIpc) is 2.72. The van der Waals surface area contributed by atoms with Crippen molar-refractivity contribution in [1.82, 2.24) is 14.5 Å². The Morgan fingerprint density at radius 3 is 2.41 bits per heavy atom. The summed E-state index contributed by atoms with van der Waals surface area (Å²) in [6.45, 7) is 6.59. The fourth-order valence-corrected chi connectivity index (χ4v) is 4.23. The molecular formula is C23H27N3O2S. The molecule has 152 valence electrons. The Kier molecular flexibility index (Phi) is 6.75. The van der Waals surface area contributed by atoms with Gasteiger partial charge in [0.25, 0.3) is 5.56 Å². The number of hydrogen-bond donors (Lipinski definition) is 0. The number of nitrogens with zero attached hydrogens (tertiary/aromatic N) is 3. The monoisotopic (exact) mass is 409 g/mol. The number of benzene rings is 2. The number of carbonyl (C=O) groups excluding carboxylic acids is 1. The van der Waals surface area contributed by atoms with Crippen LogP contribution in [0.4, 0.5) is 0 Å². The van der Waals surface area contributed by atoms with Gasteiger partial charge in [-0.3, -0.25) is 14.2 Å². The van der Waals surface area contributed by atoms with Crippen molar-refractivity contribution in [3.63, 3.8) is 0 Å². The van der Waals surface area contributed by atoms with Crippen molar-refractivity contribution in [1.29, 1.82) is 0 Å². The highest BCUT2D eigenvalue weighted by atomic mass is 32.2. The van der Waals surface area contributed by atoms with E-state index in [9.17, 15) is 9.59 Å². The SMILES string of the molecule is CCc1ccc(CN(C)C(=O)CSc2nc3ccccc3c(=O)n2C(C)C)cc1. The quantitative estimate of drug-likeness (QED) is 0.431. The minimum absolute atomic E-state index is 0.00674. The number of carbonyl (C=O) groups is 1. The van der Waals surface area contributed by atoms with Gasteiger partial charge in [-0.15, -0.1) is 0 Å². The van der Waals surface area contributed by atoms with Gasteiger partial charge in [-0.2, -0.15) is 0 Å². The van der Waals surface area contributed by atoms with Crippen LogP contribution in [-0.2, 0) is 17.8 Å². The lowest BCUT2D eigenvalue weighted by atomic mass is 10.1. The van der Waals surface area contributed by atoms with Crippen LogP contribution >= 0.6 is 11.8 Å². The van der Waals surface area contributed by atoms with Crippen LogP contribution in [0.15, 0.2) is 58.5 Å². The predicted octanol–water partition coefficient (Wildman–Crippen LogP) is 4.29. The van der Waals surface area contributed by atoms with Crippen molar-refractivity contribution in [2.75, 3.05) is 12.8 Å². The van der Waals surface area contributed by atoms with E-state index >= 15 is 0 Å². The second kappa shape index (κ2) is 9.27. The maximum Gasteiger partial charge on any atom is 0.262 e. The van der Waals surface area contributed by atoms with E-state index in [-0.39, 0.29) is 23.3 Å². The van der Waals surface area contributed by atoms with Gasteiger partial charge in [0.05, 0.1) is 16.7 Å². The number of rotatable bonds is 7. The summed E-state index contributed by atoms with van der Waals surface area (Å²) in [5.74, 6) is 0.244. The highest BCUT2D eigenvalue weighted by Gasteiger charge is 2.16. The molecule has 29 heavy (non-hydrogen) atoms. The largest absolute Gasteiger partial charge is 0.341 e. The molecule has 0 spiro atoms. The first-order valence-electron chi connectivity index (χ1n) is 9.86. The van der Waals surface area contributed by atoms with E-state index in [0.29, 0.717) is 22.6 Å². The lowest BCUT2D eigenvalue weighted by molar-refractivity contribution is -0.127. The van der Waals surface area contributed by atoms with E-state index in [1.54, 1.807) is 22.6 Å². The Labute approximate surface area is 175 Å². The molecule has 0 N–H and O–H groups in total. The molecule has 3 rings (SSSR count). The third kappa shape index (κ3) is 4.88. The van der Waals surface area contributed by atoms with Crippen LogP contribution in [0.3, 0.4) is 0 Å². The number of fused-ring (bicyclic) bond motifs is 1. The highest BCUT2D eigenvalue weighted by Crippen LogP contribution is 2.21. The Morgan fingerprint density at radius 1 is 1.10 bits per heavy atom. The Bertz CT molecular complexity index is 1060. The van der Waals surface area contributed by atoms with Gasteiger partial charge in [-0.25, -0.2) is 4.98 Å². The molecule has 0 aliphatic carbocycles. The molecular weight excluding hydrogens is 382 g/mol. The Balaban J connectivity index is 1.74. The van der Waals surface area contributed by atoms with Gasteiger partial charge in [-0.1, -0.05) is 55.1 Å². The topological polar surface area (TPSA) is 55.2 Å². The summed E-state index contributed by atoms with van der Waals surface area (Å²) in [5, 5.41) is 1.18. The summed E-state index contributed by atoms with van der Waals surface area (Å²) in [7, 11) is 1.81.